The van der Waals surface area contributed by atoms with Crippen LogP contribution in [0.25, 0.3) is 0 Å². The smallest absolute Gasteiger partial charge is 0.106 e. The standard InChI is InChI=1S/C17H23BrN2S/c1-16(2)10-6-7-17(3,9-10)15(16)20-13-8-11(18)4-5-12(13)14(19)21/h4-5,8,10,15,20H,6-7,9H2,1-3H3,(H2,19,21). The molecular formula is C17H23BrN2S. The van der Waals surface area contributed by atoms with E-state index in [1.54, 1.807) is 0 Å². The molecule has 2 fully saturated rings. The quantitative estimate of drug-likeness (QED) is 0.760. The molecule has 114 valence electrons. The molecule has 2 aliphatic carbocycles. The third-order valence-corrected chi connectivity index (χ3v) is 6.53. The van der Waals surface area contributed by atoms with Gasteiger partial charge in [0.25, 0.3) is 0 Å². The van der Waals surface area contributed by atoms with Gasteiger partial charge in [-0.3, -0.25) is 0 Å². The summed E-state index contributed by atoms with van der Waals surface area (Å²) in [5, 5.41) is 3.80. The number of nitrogens with two attached hydrogens (primary N) is 1. The number of nitrogens with one attached hydrogen (secondary N) is 1. The van der Waals surface area contributed by atoms with E-state index in [0.717, 1.165) is 21.6 Å². The molecule has 2 saturated carbocycles. The van der Waals surface area contributed by atoms with Crippen LogP contribution in [-0.4, -0.2) is 11.0 Å². The Hall–Kier alpha value is -0.610. The van der Waals surface area contributed by atoms with E-state index < -0.39 is 0 Å². The molecule has 21 heavy (non-hydrogen) atoms. The predicted molar refractivity (Wildman–Crippen MR) is 96.7 cm³/mol. The summed E-state index contributed by atoms with van der Waals surface area (Å²) in [6, 6.07) is 6.55. The summed E-state index contributed by atoms with van der Waals surface area (Å²) in [5.74, 6) is 0.820. The van der Waals surface area contributed by atoms with Crippen LogP contribution in [-0.2, 0) is 0 Å². The fourth-order valence-corrected chi connectivity index (χ4v) is 5.21. The van der Waals surface area contributed by atoms with Crippen LogP contribution < -0.4 is 11.1 Å². The number of hydrogen-bond acceptors (Lipinski definition) is 2. The molecular weight excluding hydrogens is 344 g/mol. The van der Waals surface area contributed by atoms with E-state index in [9.17, 15) is 0 Å². The number of thiocarbonyl (C=S) groups is 1. The third kappa shape index (κ3) is 2.40. The third-order valence-electron chi connectivity index (χ3n) is 5.82. The van der Waals surface area contributed by atoms with Crippen molar-refractivity contribution in [1.82, 2.24) is 0 Å². The minimum absolute atomic E-state index is 0.308. The summed E-state index contributed by atoms with van der Waals surface area (Å²) in [5.41, 5.74) is 8.58. The van der Waals surface area contributed by atoms with Crippen molar-refractivity contribution in [3.63, 3.8) is 0 Å². The molecule has 1 aromatic rings. The van der Waals surface area contributed by atoms with Crippen molar-refractivity contribution in [3.05, 3.63) is 28.2 Å². The van der Waals surface area contributed by atoms with Gasteiger partial charge in [0.1, 0.15) is 4.99 Å². The van der Waals surface area contributed by atoms with E-state index >= 15 is 0 Å². The maximum absolute atomic E-state index is 5.89. The number of anilines is 1. The average molecular weight is 367 g/mol. The van der Waals surface area contributed by atoms with Gasteiger partial charge in [0.05, 0.1) is 0 Å². The normalized spacial score (nSPS) is 33.1. The van der Waals surface area contributed by atoms with E-state index in [4.69, 9.17) is 18.0 Å². The second-order valence-corrected chi connectivity index (χ2v) is 8.90. The van der Waals surface area contributed by atoms with Crippen LogP contribution in [0.15, 0.2) is 22.7 Å². The van der Waals surface area contributed by atoms with Crippen molar-refractivity contribution in [2.24, 2.45) is 22.5 Å². The summed E-state index contributed by atoms with van der Waals surface area (Å²) < 4.78 is 1.05. The van der Waals surface area contributed by atoms with Gasteiger partial charge in [-0.25, -0.2) is 0 Å². The minimum Gasteiger partial charge on any atom is -0.389 e. The van der Waals surface area contributed by atoms with Crippen LogP contribution in [0.4, 0.5) is 5.69 Å². The maximum Gasteiger partial charge on any atom is 0.106 e. The van der Waals surface area contributed by atoms with Crippen LogP contribution in [0.5, 0.6) is 0 Å². The van der Waals surface area contributed by atoms with Crippen molar-refractivity contribution < 1.29 is 0 Å². The first-order valence-electron chi connectivity index (χ1n) is 7.60. The average Bonchev–Trinajstić information content (AvgIpc) is 2.85. The van der Waals surface area contributed by atoms with E-state index in [2.05, 4.69) is 48.1 Å². The second-order valence-electron chi connectivity index (χ2n) is 7.55. The molecule has 0 saturated heterocycles. The molecule has 4 heteroatoms. The van der Waals surface area contributed by atoms with Gasteiger partial charge in [0.15, 0.2) is 0 Å². The Morgan fingerprint density at radius 3 is 2.67 bits per heavy atom. The molecule has 3 rings (SSSR count). The first-order chi connectivity index (χ1) is 9.74. The van der Waals surface area contributed by atoms with Crippen molar-refractivity contribution in [2.75, 3.05) is 5.32 Å². The van der Waals surface area contributed by atoms with Gasteiger partial charge in [-0.1, -0.05) is 48.9 Å². The van der Waals surface area contributed by atoms with Gasteiger partial charge < -0.3 is 11.1 Å². The lowest BCUT2D eigenvalue weighted by Gasteiger charge is -2.44. The zero-order chi connectivity index (χ0) is 15.4. The largest absolute Gasteiger partial charge is 0.389 e. The van der Waals surface area contributed by atoms with Crippen LogP contribution in [0, 0.1) is 16.7 Å². The Kier molecular flexibility index (Phi) is 3.61. The highest BCUT2D eigenvalue weighted by atomic mass is 79.9. The lowest BCUT2D eigenvalue weighted by atomic mass is 9.68. The highest BCUT2D eigenvalue weighted by Crippen LogP contribution is 2.63. The molecule has 2 bridgehead atoms. The summed E-state index contributed by atoms with van der Waals surface area (Å²) >= 11 is 8.76. The van der Waals surface area contributed by atoms with Crippen molar-refractivity contribution in [2.45, 2.75) is 46.1 Å². The highest BCUT2D eigenvalue weighted by molar-refractivity contribution is 9.10. The summed E-state index contributed by atoms with van der Waals surface area (Å²) in [6.45, 7) is 7.23. The number of hydrogen-bond donors (Lipinski definition) is 2. The number of rotatable bonds is 3. The lowest BCUT2D eigenvalue weighted by Crippen LogP contribution is -2.46. The minimum atomic E-state index is 0.308. The highest BCUT2D eigenvalue weighted by Gasteiger charge is 2.59. The molecule has 3 atom stereocenters. The molecule has 0 aromatic heterocycles. The van der Waals surface area contributed by atoms with E-state index in [-0.39, 0.29) is 0 Å². The Morgan fingerprint density at radius 1 is 1.38 bits per heavy atom. The molecule has 0 amide bonds. The van der Waals surface area contributed by atoms with Crippen LogP contribution >= 0.6 is 28.1 Å². The summed E-state index contributed by atoms with van der Waals surface area (Å²) in [4.78, 5) is 0.455. The molecule has 0 aliphatic heterocycles. The first-order valence-corrected chi connectivity index (χ1v) is 8.80. The number of benzene rings is 1. The Morgan fingerprint density at radius 2 is 2.10 bits per heavy atom. The molecule has 2 nitrogen and oxygen atoms in total. The first kappa shape index (κ1) is 15.3. The fourth-order valence-electron chi connectivity index (χ4n) is 4.67. The van der Waals surface area contributed by atoms with Crippen molar-refractivity contribution >= 4 is 38.8 Å². The molecule has 1 aromatic carbocycles. The zero-order valence-electron chi connectivity index (χ0n) is 12.9. The lowest BCUT2D eigenvalue weighted by molar-refractivity contribution is 0.155. The fraction of sp³-hybridized carbons (Fsp3) is 0.588. The molecule has 0 spiro atoms. The van der Waals surface area contributed by atoms with Gasteiger partial charge in [-0.15, -0.1) is 0 Å². The number of halogens is 1. The Balaban J connectivity index is 1.97. The van der Waals surface area contributed by atoms with E-state index in [0.29, 0.717) is 21.9 Å². The van der Waals surface area contributed by atoms with Gasteiger partial charge in [-0.2, -0.15) is 0 Å². The molecule has 2 aliphatic rings. The molecule has 3 unspecified atom stereocenters. The zero-order valence-corrected chi connectivity index (χ0v) is 15.3. The molecule has 0 heterocycles. The monoisotopic (exact) mass is 366 g/mol. The van der Waals surface area contributed by atoms with Crippen LogP contribution in [0.3, 0.4) is 0 Å². The SMILES string of the molecule is CC12CCC(C1)C(C)(C)C2Nc1cc(Br)ccc1C(N)=S. The van der Waals surface area contributed by atoms with E-state index in [1.807, 2.05) is 12.1 Å². The Bertz CT molecular complexity index is 594. The van der Waals surface area contributed by atoms with Gasteiger partial charge in [-0.05, 0) is 54.2 Å². The summed E-state index contributed by atoms with van der Waals surface area (Å²) in [6.07, 6.45) is 4.01. The molecule has 3 N–H and O–H groups in total. The maximum atomic E-state index is 5.89. The number of fused-ring (bicyclic) bond motifs is 2. The summed E-state index contributed by atoms with van der Waals surface area (Å²) in [7, 11) is 0. The van der Waals surface area contributed by atoms with Crippen molar-refractivity contribution in [1.29, 1.82) is 0 Å². The van der Waals surface area contributed by atoms with E-state index in [1.165, 1.54) is 19.3 Å². The van der Waals surface area contributed by atoms with Gasteiger partial charge in [0.2, 0.25) is 0 Å². The van der Waals surface area contributed by atoms with Gasteiger partial charge in [0, 0.05) is 21.8 Å². The van der Waals surface area contributed by atoms with Crippen LogP contribution in [0.1, 0.15) is 45.6 Å². The van der Waals surface area contributed by atoms with Crippen LogP contribution in [0.2, 0.25) is 0 Å². The molecule has 0 radical (unpaired) electrons. The van der Waals surface area contributed by atoms with Crippen molar-refractivity contribution in [3.8, 4) is 0 Å². The predicted octanol–water partition coefficient (Wildman–Crippen LogP) is 4.71. The Labute approximate surface area is 141 Å². The second kappa shape index (κ2) is 4.95. The van der Waals surface area contributed by atoms with Gasteiger partial charge >= 0.3 is 0 Å². The topological polar surface area (TPSA) is 38.0 Å².